The molecule has 0 saturated carbocycles. The van der Waals surface area contributed by atoms with Gasteiger partial charge in [0.1, 0.15) is 11.6 Å². The maximum absolute atomic E-state index is 11.6. The van der Waals surface area contributed by atoms with Crippen LogP contribution in [0.5, 0.6) is 0 Å². The molecule has 0 spiro atoms. The van der Waals surface area contributed by atoms with Gasteiger partial charge >= 0.3 is 12.1 Å². The third-order valence-corrected chi connectivity index (χ3v) is 2.52. The van der Waals surface area contributed by atoms with Crippen molar-refractivity contribution < 1.29 is 19.1 Å². The van der Waals surface area contributed by atoms with Gasteiger partial charge in [0.25, 0.3) is 0 Å². The van der Waals surface area contributed by atoms with Crippen LogP contribution in [0.3, 0.4) is 0 Å². The Labute approximate surface area is 113 Å². The summed E-state index contributed by atoms with van der Waals surface area (Å²) in [7, 11) is 0. The normalized spacial score (nSPS) is 12.7. The first-order chi connectivity index (χ1) is 8.30. The number of thioether (sulfide) groups is 1. The first kappa shape index (κ1) is 17.1. The second-order valence-electron chi connectivity index (χ2n) is 4.73. The first-order valence-electron chi connectivity index (χ1n) is 5.95. The summed E-state index contributed by atoms with van der Waals surface area (Å²) in [5, 5.41) is 2.54. The molecule has 0 aromatic carbocycles. The highest BCUT2D eigenvalue weighted by Gasteiger charge is 2.24. The fourth-order valence-electron chi connectivity index (χ4n) is 1.18. The number of carbonyl (C=O) groups excluding carboxylic acids is 2. The van der Waals surface area contributed by atoms with Crippen molar-refractivity contribution in [1.29, 1.82) is 0 Å². The Morgan fingerprint density at radius 3 is 2.39 bits per heavy atom. The summed E-state index contributed by atoms with van der Waals surface area (Å²) in [6.07, 6.45) is 1.87. The molecule has 106 valence electrons. The van der Waals surface area contributed by atoms with Gasteiger partial charge in [0, 0.05) is 0 Å². The molecule has 0 radical (unpaired) electrons. The molecule has 0 bridgehead atoms. The molecule has 1 atom stereocenters. The van der Waals surface area contributed by atoms with E-state index in [0.717, 1.165) is 5.75 Å². The van der Waals surface area contributed by atoms with Gasteiger partial charge in [-0.05, 0) is 46.1 Å². The van der Waals surface area contributed by atoms with Crippen LogP contribution in [0, 0.1) is 0 Å². The second-order valence-corrected chi connectivity index (χ2v) is 5.72. The van der Waals surface area contributed by atoms with Gasteiger partial charge in [-0.25, -0.2) is 9.59 Å². The molecule has 0 aromatic heterocycles. The Hall–Kier alpha value is -0.910. The Bertz CT molecular complexity index is 276. The average Bonchev–Trinajstić information content (AvgIpc) is 2.21. The van der Waals surface area contributed by atoms with Crippen molar-refractivity contribution in [2.45, 2.75) is 45.8 Å². The second kappa shape index (κ2) is 8.24. The third-order valence-electron chi connectivity index (χ3n) is 1.87. The zero-order valence-electron chi connectivity index (χ0n) is 11.7. The third kappa shape index (κ3) is 8.22. The van der Waals surface area contributed by atoms with E-state index in [1.165, 1.54) is 0 Å². The molecule has 6 heteroatoms. The summed E-state index contributed by atoms with van der Waals surface area (Å²) in [5.74, 6) is 0.344. The van der Waals surface area contributed by atoms with Crippen LogP contribution in [0.15, 0.2) is 0 Å². The van der Waals surface area contributed by atoms with Gasteiger partial charge < -0.3 is 14.8 Å². The molecule has 1 unspecified atom stereocenters. The first-order valence-corrected chi connectivity index (χ1v) is 7.34. The number of rotatable bonds is 6. The summed E-state index contributed by atoms with van der Waals surface area (Å²) in [6, 6.07) is -0.646. The molecule has 1 amide bonds. The van der Waals surface area contributed by atoms with Crippen LogP contribution < -0.4 is 5.32 Å². The van der Waals surface area contributed by atoms with Crippen LogP contribution in [-0.2, 0) is 14.3 Å². The van der Waals surface area contributed by atoms with E-state index in [4.69, 9.17) is 9.47 Å². The minimum absolute atomic E-state index is 0.296. The lowest BCUT2D eigenvalue weighted by Gasteiger charge is -2.22. The van der Waals surface area contributed by atoms with Gasteiger partial charge in [0.15, 0.2) is 0 Å². The van der Waals surface area contributed by atoms with Crippen LogP contribution in [0.4, 0.5) is 4.79 Å². The molecule has 18 heavy (non-hydrogen) atoms. The van der Waals surface area contributed by atoms with Crippen molar-refractivity contribution in [2.24, 2.45) is 0 Å². The summed E-state index contributed by atoms with van der Waals surface area (Å²) >= 11 is 1.61. The van der Waals surface area contributed by atoms with E-state index < -0.39 is 23.7 Å². The average molecular weight is 277 g/mol. The fourth-order valence-corrected chi connectivity index (χ4v) is 1.65. The van der Waals surface area contributed by atoms with Gasteiger partial charge in [0.05, 0.1) is 6.61 Å². The summed E-state index contributed by atoms with van der Waals surface area (Å²) in [4.78, 5) is 23.2. The lowest BCUT2D eigenvalue weighted by molar-refractivity contribution is -0.145. The Balaban J connectivity index is 4.39. The van der Waals surface area contributed by atoms with E-state index in [-0.39, 0.29) is 0 Å². The summed E-state index contributed by atoms with van der Waals surface area (Å²) in [5.41, 5.74) is -0.581. The predicted molar refractivity (Wildman–Crippen MR) is 72.8 cm³/mol. The van der Waals surface area contributed by atoms with Crippen LogP contribution in [-0.4, -0.2) is 42.3 Å². The van der Waals surface area contributed by atoms with E-state index in [9.17, 15) is 9.59 Å². The molecule has 5 nitrogen and oxygen atoms in total. The van der Waals surface area contributed by atoms with Crippen molar-refractivity contribution in [1.82, 2.24) is 5.32 Å². The molecule has 0 heterocycles. The number of carbonyl (C=O) groups is 2. The largest absolute Gasteiger partial charge is 0.464 e. The summed E-state index contributed by atoms with van der Waals surface area (Å²) in [6.45, 7) is 7.34. The van der Waals surface area contributed by atoms with Gasteiger partial charge in [-0.15, -0.1) is 0 Å². The highest BCUT2D eigenvalue weighted by molar-refractivity contribution is 7.98. The molecule has 0 aliphatic carbocycles. The number of amides is 1. The molecular formula is C12H23NO4S. The van der Waals surface area contributed by atoms with Crippen LogP contribution >= 0.6 is 11.8 Å². The lowest BCUT2D eigenvalue weighted by atomic mass is 10.2. The van der Waals surface area contributed by atoms with E-state index >= 15 is 0 Å². The van der Waals surface area contributed by atoms with Crippen molar-refractivity contribution in [3.8, 4) is 0 Å². The van der Waals surface area contributed by atoms with E-state index in [1.807, 2.05) is 6.26 Å². The lowest BCUT2D eigenvalue weighted by Crippen LogP contribution is -2.44. The Kier molecular flexibility index (Phi) is 7.82. The fraction of sp³-hybridized carbons (Fsp3) is 0.833. The Morgan fingerprint density at radius 2 is 1.94 bits per heavy atom. The SMILES string of the molecule is CCOC(=O)C(CCSC)NC(=O)OC(C)(C)C. The molecule has 0 aromatic rings. The number of esters is 1. The monoisotopic (exact) mass is 277 g/mol. The number of hydrogen-bond acceptors (Lipinski definition) is 5. The van der Waals surface area contributed by atoms with Gasteiger partial charge in [-0.2, -0.15) is 11.8 Å². The Morgan fingerprint density at radius 1 is 1.33 bits per heavy atom. The molecular weight excluding hydrogens is 254 g/mol. The smallest absolute Gasteiger partial charge is 0.408 e. The zero-order valence-corrected chi connectivity index (χ0v) is 12.6. The van der Waals surface area contributed by atoms with E-state index in [2.05, 4.69) is 5.32 Å². The molecule has 1 N–H and O–H groups in total. The van der Waals surface area contributed by atoms with Crippen molar-refractivity contribution >= 4 is 23.8 Å². The molecule has 0 aliphatic heterocycles. The number of nitrogens with one attached hydrogen (secondary N) is 1. The van der Waals surface area contributed by atoms with Gasteiger partial charge in [-0.1, -0.05) is 0 Å². The van der Waals surface area contributed by atoms with E-state index in [1.54, 1.807) is 39.5 Å². The molecule has 0 aliphatic rings. The number of alkyl carbamates (subject to hydrolysis) is 1. The highest BCUT2D eigenvalue weighted by Crippen LogP contribution is 2.08. The number of hydrogen-bond donors (Lipinski definition) is 1. The maximum Gasteiger partial charge on any atom is 0.408 e. The maximum atomic E-state index is 11.6. The highest BCUT2D eigenvalue weighted by atomic mass is 32.2. The predicted octanol–water partition coefficient (Wildman–Crippen LogP) is 2.20. The topological polar surface area (TPSA) is 64.6 Å². The van der Waals surface area contributed by atoms with Gasteiger partial charge in [0.2, 0.25) is 0 Å². The zero-order chi connectivity index (χ0) is 14.2. The molecule has 0 saturated heterocycles. The molecule has 0 fully saturated rings. The van der Waals surface area contributed by atoms with Gasteiger partial charge in [-0.3, -0.25) is 0 Å². The quantitative estimate of drug-likeness (QED) is 0.754. The minimum Gasteiger partial charge on any atom is -0.464 e. The van der Waals surface area contributed by atoms with Crippen molar-refractivity contribution in [2.75, 3.05) is 18.6 Å². The van der Waals surface area contributed by atoms with Crippen LogP contribution in [0.25, 0.3) is 0 Å². The number of ether oxygens (including phenoxy) is 2. The van der Waals surface area contributed by atoms with Crippen molar-refractivity contribution in [3.63, 3.8) is 0 Å². The standard InChI is InChI=1S/C12H23NO4S/c1-6-16-10(14)9(7-8-18-5)13-11(15)17-12(2,3)4/h9H,6-8H2,1-5H3,(H,13,15). The summed E-state index contributed by atoms with van der Waals surface area (Å²) < 4.78 is 10.0. The minimum atomic E-state index is -0.646. The van der Waals surface area contributed by atoms with E-state index in [0.29, 0.717) is 13.0 Å². The van der Waals surface area contributed by atoms with Crippen molar-refractivity contribution in [3.05, 3.63) is 0 Å². The van der Waals surface area contributed by atoms with Crippen LogP contribution in [0.2, 0.25) is 0 Å². The molecule has 0 rings (SSSR count). The van der Waals surface area contributed by atoms with Crippen LogP contribution in [0.1, 0.15) is 34.1 Å².